The van der Waals surface area contributed by atoms with Gasteiger partial charge in [0.2, 0.25) is 11.8 Å². The van der Waals surface area contributed by atoms with Crippen molar-refractivity contribution in [3.05, 3.63) is 95.1 Å². The number of rotatable bonds is 6. The van der Waals surface area contributed by atoms with Crippen LogP contribution in [0.15, 0.2) is 72.8 Å². The second-order valence-corrected chi connectivity index (χ2v) is 10.9. The molecule has 0 aromatic heterocycles. The average molecular weight is 513 g/mol. The second-order valence-electron chi connectivity index (χ2n) is 10.9. The number of aliphatic hydroxyl groups is 1. The molecule has 0 spiro atoms. The molecule has 0 bridgehead atoms. The highest BCUT2D eigenvalue weighted by Gasteiger charge is 2.56. The first-order valence-electron chi connectivity index (χ1n) is 13.1. The molecule has 0 saturated heterocycles. The third-order valence-corrected chi connectivity index (χ3v) is 7.63. The van der Waals surface area contributed by atoms with Crippen molar-refractivity contribution in [1.29, 1.82) is 0 Å². The van der Waals surface area contributed by atoms with Crippen LogP contribution in [0.1, 0.15) is 61.3 Å². The summed E-state index contributed by atoms with van der Waals surface area (Å²) in [6.07, 6.45) is -0.300. The highest BCUT2D eigenvalue weighted by Crippen LogP contribution is 2.47. The number of hydrogen-bond acceptors (Lipinski definition) is 4. The predicted molar refractivity (Wildman–Crippen MR) is 150 cm³/mol. The van der Waals surface area contributed by atoms with Crippen LogP contribution in [-0.4, -0.2) is 28.3 Å². The van der Waals surface area contributed by atoms with Crippen LogP contribution < -0.4 is 10.6 Å². The summed E-state index contributed by atoms with van der Waals surface area (Å²) in [6, 6.07) is 22.4. The molecule has 0 aliphatic heterocycles. The lowest BCUT2D eigenvalue weighted by molar-refractivity contribution is -0.150. The van der Waals surface area contributed by atoms with Gasteiger partial charge in [-0.1, -0.05) is 74.5 Å². The highest BCUT2D eigenvalue weighted by molar-refractivity contribution is 6.10. The van der Waals surface area contributed by atoms with E-state index >= 15 is 0 Å². The fraction of sp³-hybridized carbons (Fsp3) is 0.344. The number of hydrogen-bond donors (Lipinski definition) is 3. The van der Waals surface area contributed by atoms with E-state index in [4.69, 9.17) is 0 Å². The van der Waals surface area contributed by atoms with E-state index in [1.807, 2.05) is 74.5 Å². The van der Waals surface area contributed by atoms with Crippen LogP contribution in [0.5, 0.6) is 0 Å². The molecule has 3 aromatic carbocycles. The van der Waals surface area contributed by atoms with Crippen molar-refractivity contribution in [2.45, 2.75) is 58.5 Å². The van der Waals surface area contributed by atoms with Gasteiger partial charge >= 0.3 is 0 Å². The van der Waals surface area contributed by atoms with Crippen molar-refractivity contribution < 1.29 is 19.5 Å². The summed E-state index contributed by atoms with van der Waals surface area (Å²) in [6.45, 7) is 9.45. The monoisotopic (exact) mass is 512 g/mol. The molecular weight excluding hydrogens is 476 g/mol. The minimum Gasteiger partial charge on any atom is -0.389 e. The molecule has 3 N–H and O–H groups in total. The van der Waals surface area contributed by atoms with Gasteiger partial charge in [0.05, 0.1) is 11.5 Å². The second kappa shape index (κ2) is 10.9. The van der Waals surface area contributed by atoms with E-state index in [0.717, 1.165) is 16.7 Å². The number of ketones is 1. The Kier molecular flexibility index (Phi) is 7.83. The molecular formula is C32H36N2O4. The lowest BCUT2D eigenvalue weighted by Crippen LogP contribution is -2.56. The smallest absolute Gasteiger partial charge is 0.235 e. The van der Waals surface area contributed by atoms with E-state index in [1.165, 1.54) is 6.92 Å². The summed E-state index contributed by atoms with van der Waals surface area (Å²) in [4.78, 5) is 41.1. The third-order valence-electron chi connectivity index (χ3n) is 7.63. The van der Waals surface area contributed by atoms with Crippen LogP contribution in [0.4, 0.5) is 11.4 Å². The molecule has 3 aromatic rings. The molecule has 6 heteroatoms. The first-order chi connectivity index (χ1) is 18.0. The molecule has 0 heterocycles. The topological polar surface area (TPSA) is 95.5 Å². The molecule has 1 aliphatic rings. The predicted octanol–water partition coefficient (Wildman–Crippen LogP) is 5.74. The summed E-state index contributed by atoms with van der Waals surface area (Å²) in [7, 11) is 0. The normalized spacial score (nSPS) is 23.2. The van der Waals surface area contributed by atoms with Crippen LogP contribution in [0.3, 0.4) is 0 Å². The number of benzene rings is 3. The molecule has 1 fully saturated rings. The number of carbonyl (C=O) groups excluding carboxylic acids is 3. The Hall–Kier alpha value is -3.77. The molecule has 198 valence electrons. The maximum atomic E-state index is 13.9. The Bertz CT molecular complexity index is 1340. The van der Waals surface area contributed by atoms with Gasteiger partial charge in [-0.2, -0.15) is 0 Å². The van der Waals surface area contributed by atoms with Crippen LogP contribution in [0.25, 0.3) is 0 Å². The molecule has 4 rings (SSSR count). The summed E-state index contributed by atoms with van der Waals surface area (Å²) in [5.41, 5.74) is 3.09. The van der Waals surface area contributed by atoms with Gasteiger partial charge in [0.1, 0.15) is 11.7 Å². The van der Waals surface area contributed by atoms with Crippen molar-refractivity contribution in [3.63, 3.8) is 0 Å². The van der Waals surface area contributed by atoms with E-state index in [9.17, 15) is 19.5 Å². The molecule has 0 radical (unpaired) electrons. The van der Waals surface area contributed by atoms with Crippen molar-refractivity contribution in [2.75, 3.05) is 10.6 Å². The Morgan fingerprint density at radius 2 is 1.34 bits per heavy atom. The first-order valence-corrected chi connectivity index (χ1v) is 13.1. The first kappa shape index (κ1) is 27.3. The number of para-hydroxylation sites is 2. The van der Waals surface area contributed by atoms with Gasteiger partial charge in [0.15, 0.2) is 0 Å². The molecule has 6 nitrogen and oxygen atoms in total. The largest absolute Gasteiger partial charge is 0.389 e. The summed E-state index contributed by atoms with van der Waals surface area (Å²) < 4.78 is 0. The van der Waals surface area contributed by atoms with Gasteiger partial charge in [0, 0.05) is 23.7 Å². The van der Waals surface area contributed by atoms with Gasteiger partial charge in [-0.3, -0.25) is 14.4 Å². The van der Waals surface area contributed by atoms with E-state index in [-0.39, 0.29) is 12.2 Å². The van der Waals surface area contributed by atoms with Crippen LogP contribution >= 0.6 is 0 Å². The van der Waals surface area contributed by atoms with E-state index in [2.05, 4.69) is 24.5 Å². The average Bonchev–Trinajstić information content (AvgIpc) is 2.85. The molecule has 4 atom stereocenters. The third kappa shape index (κ3) is 5.55. The summed E-state index contributed by atoms with van der Waals surface area (Å²) >= 11 is 0. The Morgan fingerprint density at radius 1 is 0.842 bits per heavy atom. The van der Waals surface area contributed by atoms with Crippen molar-refractivity contribution in [1.82, 2.24) is 0 Å². The van der Waals surface area contributed by atoms with Crippen molar-refractivity contribution >= 4 is 29.0 Å². The zero-order chi connectivity index (χ0) is 27.6. The van der Waals surface area contributed by atoms with E-state index in [0.29, 0.717) is 22.9 Å². The molecule has 1 saturated carbocycles. The number of Topliss-reactive ketones (excluding diaryl/α,β-unsaturated/α-hetero) is 1. The minimum absolute atomic E-state index is 0.292. The molecule has 38 heavy (non-hydrogen) atoms. The maximum absolute atomic E-state index is 13.9. The molecule has 2 amide bonds. The van der Waals surface area contributed by atoms with Crippen LogP contribution in [-0.2, 0) is 14.4 Å². The number of anilines is 2. The van der Waals surface area contributed by atoms with Gasteiger partial charge in [-0.15, -0.1) is 0 Å². The minimum atomic E-state index is -1.65. The Morgan fingerprint density at radius 3 is 1.84 bits per heavy atom. The zero-order valence-corrected chi connectivity index (χ0v) is 22.6. The Labute approximate surface area is 224 Å². The van der Waals surface area contributed by atoms with Gasteiger partial charge < -0.3 is 15.7 Å². The lowest BCUT2D eigenvalue weighted by atomic mass is 9.61. The number of aryl methyl sites for hydroxylation is 2. The number of amides is 2. The van der Waals surface area contributed by atoms with E-state index < -0.39 is 35.2 Å². The maximum Gasteiger partial charge on any atom is 0.235 e. The van der Waals surface area contributed by atoms with Gasteiger partial charge in [-0.25, -0.2) is 0 Å². The fourth-order valence-corrected chi connectivity index (χ4v) is 5.44. The lowest BCUT2D eigenvalue weighted by Gasteiger charge is -2.44. The van der Waals surface area contributed by atoms with E-state index in [1.54, 1.807) is 12.1 Å². The number of nitrogens with one attached hydrogen (secondary N) is 2. The van der Waals surface area contributed by atoms with Gasteiger partial charge in [-0.05, 0) is 61.1 Å². The quantitative estimate of drug-likeness (QED) is 0.367. The standard InChI is InChI=1S/C32H36N2O4/c1-19(2)22-14-16-23(17-15-22)27-28(30(36)33-24-12-8-6-10-20(24)3)26(35)18-32(5,38)29(27)31(37)34-25-13-9-7-11-21(25)4/h6-17,19,27-29,38H,18H2,1-5H3,(H,33,36)(H,34,37). The van der Waals surface area contributed by atoms with Crippen molar-refractivity contribution in [2.24, 2.45) is 11.8 Å². The van der Waals surface area contributed by atoms with Crippen molar-refractivity contribution in [3.8, 4) is 0 Å². The molecule has 1 aliphatic carbocycles. The van der Waals surface area contributed by atoms with Crippen LogP contribution in [0, 0.1) is 25.7 Å². The summed E-state index contributed by atoms with van der Waals surface area (Å²) in [5.74, 6) is -4.06. The molecule has 4 unspecified atom stereocenters. The van der Waals surface area contributed by atoms with Gasteiger partial charge in [0.25, 0.3) is 0 Å². The van der Waals surface area contributed by atoms with Crippen LogP contribution in [0.2, 0.25) is 0 Å². The zero-order valence-electron chi connectivity index (χ0n) is 22.6. The SMILES string of the molecule is Cc1ccccc1NC(=O)C1C(=O)CC(C)(O)C(C(=O)Nc2ccccc2C)C1c1ccc(C(C)C)cc1. The number of carbonyl (C=O) groups is 3. The Balaban J connectivity index is 1.79. The fourth-order valence-electron chi connectivity index (χ4n) is 5.44. The highest BCUT2D eigenvalue weighted by atomic mass is 16.3. The summed E-state index contributed by atoms with van der Waals surface area (Å²) in [5, 5.41) is 17.4.